The normalized spacial score (nSPS) is 16.5. The van der Waals surface area contributed by atoms with Crippen LogP contribution in [-0.2, 0) is 23.1 Å². The lowest BCUT2D eigenvalue weighted by Gasteiger charge is -2.25. The summed E-state index contributed by atoms with van der Waals surface area (Å²) in [6.07, 6.45) is 1.49. The van der Waals surface area contributed by atoms with Crippen molar-refractivity contribution in [1.29, 1.82) is 0 Å². The zero-order chi connectivity index (χ0) is 18.3. The van der Waals surface area contributed by atoms with E-state index in [1.165, 1.54) is 10.4 Å². The van der Waals surface area contributed by atoms with Gasteiger partial charge >= 0.3 is 0 Å². The zero-order valence-corrected chi connectivity index (χ0v) is 15.0. The second kappa shape index (κ2) is 6.38. The molecule has 1 aliphatic heterocycles. The van der Waals surface area contributed by atoms with Gasteiger partial charge in [0.2, 0.25) is 5.09 Å². The summed E-state index contributed by atoms with van der Waals surface area (Å²) >= 11 is 0. The van der Waals surface area contributed by atoms with Crippen LogP contribution in [0.1, 0.15) is 30.8 Å². The van der Waals surface area contributed by atoms with Gasteiger partial charge in [-0.05, 0) is 30.7 Å². The fraction of sp³-hybridized carbons (Fsp3) is 0.375. The molecule has 1 unspecified atom stereocenters. The van der Waals surface area contributed by atoms with Crippen molar-refractivity contribution in [1.82, 2.24) is 24.3 Å². The predicted octanol–water partition coefficient (Wildman–Crippen LogP) is 1.51. The number of hydrogen-bond acceptors (Lipinski definition) is 6. The number of nitrogens with one attached hydrogen (secondary N) is 1. The minimum atomic E-state index is -3.76. The van der Waals surface area contributed by atoms with E-state index in [2.05, 4.69) is 15.3 Å². The first-order valence-corrected chi connectivity index (χ1v) is 9.77. The van der Waals surface area contributed by atoms with Crippen molar-refractivity contribution < 1.29 is 17.9 Å². The molecule has 0 saturated heterocycles. The van der Waals surface area contributed by atoms with Gasteiger partial charge in [0.05, 0.1) is 30.6 Å². The second-order valence-corrected chi connectivity index (χ2v) is 8.00. The van der Waals surface area contributed by atoms with Crippen LogP contribution in [0.15, 0.2) is 40.0 Å². The Balaban J connectivity index is 1.58. The monoisotopic (exact) mass is 377 g/mol. The van der Waals surface area contributed by atoms with Crippen molar-refractivity contribution >= 4 is 10.0 Å². The Hall–Kier alpha value is -2.43. The van der Waals surface area contributed by atoms with Gasteiger partial charge in [-0.3, -0.25) is 9.78 Å². The maximum atomic E-state index is 12.9. The van der Waals surface area contributed by atoms with Crippen molar-refractivity contribution in [3.8, 4) is 11.5 Å². The average molecular weight is 377 g/mol. The lowest BCUT2D eigenvalue weighted by molar-refractivity contribution is 0.167. The summed E-state index contributed by atoms with van der Waals surface area (Å²) in [5.74, 6) is 0.413. The van der Waals surface area contributed by atoms with E-state index in [1.54, 1.807) is 29.1 Å². The number of aromatic amines is 1. The molecule has 138 valence electrons. The molecular formula is C16H19N5O4S. The summed E-state index contributed by atoms with van der Waals surface area (Å²) in [6.45, 7) is 2.78. The van der Waals surface area contributed by atoms with Crippen molar-refractivity contribution in [2.24, 2.45) is 0 Å². The highest BCUT2D eigenvalue weighted by Gasteiger charge is 2.32. The highest BCUT2D eigenvalue weighted by molar-refractivity contribution is 7.89. The smallest absolute Gasteiger partial charge is 0.276 e. The Morgan fingerprint density at radius 3 is 2.92 bits per heavy atom. The maximum absolute atomic E-state index is 12.9. The molecule has 2 N–H and O–H groups in total. The maximum Gasteiger partial charge on any atom is 0.276 e. The lowest BCUT2D eigenvalue weighted by atomic mass is 10.2. The standard InChI is InChI=1S/C16H19N5O4S/c1-2-14(22)13-9-11-10-20(7-8-21(11)19-13)26(23,24)16-4-3-15(25-16)12-5-6-17-18-12/h3-6,9,14,22H,2,7-8,10H2,1H3,(H,17,18). The van der Waals surface area contributed by atoms with Crippen LogP contribution >= 0.6 is 0 Å². The third kappa shape index (κ3) is 2.85. The molecule has 0 aliphatic carbocycles. The molecule has 1 aliphatic rings. The average Bonchev–Trinajstić information content (AvgIpc) is 3.39. The van der Waals surface area contributed by atoms with Crippen LogP contribution in [0.2, 0.25) is 0 Å². The van der Waals surface area contributed by atoms with Crippen LogP contribution in [0.25, 0.3) is 11.5 Å². The van der Waals surface area contributed by atoms with Crippen LogP contribution in [0.3, 0.4) is 0 Å². The number of hydrogen-bond donors (Lipinski definition) is 2. The van der Waals surface area contributed by atoms with E-state index >= 15 is 0 Å². The Labute approximate surface area is 150 Å². The van der Waals surface area contributed by atoms with Crippen LogP contribution in [-0.4, -0.2) is 44.4 Å². The largest absolute Gasteiger partial charge is 0.442 e. The molecule has 26 heavy (non-hydrogen) atoms. The second-order valence-electron chi connectivity index (χ2n) is 6.14. The summed E-state index contributed by atoms with van der Waals surface area (Å²) in [7, 11) is -3.76. The Bertz CT molecular complexity index is 1010. The van der Waals surface area contributed by atoms with Crippen molar-refractivity contribution in [2.75, 3.05) is 6.54 Å². The van der Waals surface area contributed by atoms with Gasteiger partial charge in [0.1, 0.15) is 5.69 Å². The number of aromatic nitrogens is 4. The molecule has 0 fully saturated rings. The first-order valence-electron chi connectivity index (χ1n) is 8.33. The van der Waals surface area contributed by atoms with Gasteiger partial charge in [-0.1, -0.05) is 6.92 Å². The van der Waals surface area contributed by atoms with E-state index in [1.807, 2.05) is 6.92 Å². The number of aliphatic hydroxyl groups is 1. The van der Waals surface area contributed by atoms with Gasteiger partial charge in [0.25, 0.3) is 10.0 Å². The van der Waals surface area contributed by atoms with E-state index in [9.17, 15) is 13.5 Å². The molecule has 0 spiro atoms. The lowest BCUT2D eigenvalue weighted by Crippen LogP contribution is -2.38. The van der Waals surface area contributed by atoms with Gasteiger partial charge < -0.3 is 9.52 Å². The third-order valence-electron chi connectivity index (χ3n) is 4.45. The van der Waals surface area contributed by atoms with Gasteiger partial charge in [0.15, 0.2) is 5.76 Å². The molecule has 0 aromatic carbocycles. The summed E-state index contributed by atoms with van der Waals surface area (Å²) in [5, 5.41) is 20.8. The minimum absolute atomic E-state index is 0.108. The number of sulfonamides is 1. The molecule has 0 saturated carbocycles. The minimum Gasteiger partial charge on any atom is -0.442 e. The molecule has 3 aromatic heterocycles. The third-order valence-corrected chi connectivity index (χ3v) is 6.17. The first-order chi connectivity index (χ1) is 12.5. The molecule has 0 bridgehead atoms. The summed E-state index contributed by atoms with van der Waals surface area (Å²) in [4.78, 5) is 0. The van der Waals surface area contributed by atoms with Crippen molar-refractivity contribution in [3.63, 3.8) is 0 Å². The van der Waals surface area contributed by atoms with Crippen LogP contribution in [0.5, 0.6) is 0 Å². The Kier molecular flexibility index (Phi) is 4.17. The predicted molar refractivity (Wildman–Crippen MR) is 91.4 cm³/mol. The topological polar surface area (TPSA) is 117 Å². The number of fused-ring (bicyclic) bond motifs is 1. The summed E-state index contributed by atoms with van der Waals surface area (Å²) in [6, 6.07) is 6.51. The fourth-order valence-electron chi connectivity index (χ4n) is 2.97. The van der Waals surface area contributed by atoms with Crippen molar-refractivity contribution in [2.45, 2.75) is 37.6 Å². The molecule has 4 heterocycles. The molecule has 0 amide bonds. The summed E-state index contributed by atoms with van der Waals surface area (Å²) in [5.41, 5.74) is 1.94. The fourth-order valence-corrected chi connectivity index (χ4v) is 4.28. The number of nitrogens with zero attached hydrogens (tertiary/aromatic N) is 4. The number of furan rings is 1. The highest BCUT2D eigenvalue weighted by atomic mass is 32.2. The Morgan fingerprint density at radius 1 is 1.35 bits per heavy atom. The quantitative estimate of drug-likeness (QED) is 0.696. The number of aliphatic hydroxyl groups excluding tert-OH is 1. The SMILES string of the molecule is CCC(O)c1cc2n(n1)CCN(S(=O)(=O)c1ccc(-c3ccn[nH]3)o1)C2. The van der Waals surface area contributed by atoms with Crippen LogP contribution < -0.4 is 0 Å². The zero-order valence-electron chi connectivity index (χ0n) is 14.2. The van der Waals surface area contributed by atoms with Crippen LogP contribution in [0.4, 0.5) is 0 Å². The molecule has 0 radical (unpaired) electrons. The van der Waals surface area contributed by atoms with E-state index in [0.29, 0.717) is 36.7 Å². The molecule has 1 atom stereocenters. The molecule has 3 aromatic rings. The van der Waals surface area contributed by atoms with Gasteiger partial charge in [-0.25, -0.2) is 8.42 Å². The number of rotatable bonds is 5. The van der Waals surface area contributed by atoms with E-state index in [-0.39, 0.29) is 11.6 Å². The van der Waals surface area contributed by atoms with Crippen LogP contribution in [0, 0.1) is 0 Å². The van der Waals surface area contributed by atoms with E-state index in [0.717, 1.165) is 5.69 Å². The molecule has 9 nitrogen and oxygen atoms in total. The molecular weight excluding hydrogens is 358 g/mol. The molecule has 10 heteroatoms. The van der Waals surface area contributed by atoms with Gasteiger partial charge in [-0.2, -0.15) is 14.5 Å². The van der Waals surface area contributed by atoms with Crippen molar-refractivity contribution in [3.05, 3.63) is 41.9 Å². The van der Waals surface area contributed by atoms with E-state index < -0.39 is 16.1 Å². The van der Waals surface area contributed by atoms with E-state index in [4.69, 9.17) is 4.42 Å². The number of H-pyrrole nitrogens is 1. The van der Waals surface area contributed by atoms with Gasteiger partial charge in [0, 0.05) is 12.7 Å². The first kappa shape index (κ1) is 17.0. The summed E-state index contributed by atoms with van der Waals surface area (Å²) < 4.78 is 34.5. The highest BCUT2D eigenvalue weighted by Crippen LogP contribution is 2.28. The van der Waals surface area contributed by atoms with Gasteiger partial charge in [-0.15, -0.1) is 0 Å². The molecule has 4 rings (SSSR count). The Morgan fingerprint density at radius 2 is 2.19 bits per heavy atom.